The minimum atomic E-state index is -0.935. The Morgan fingerprint density at radius 3 is 1.79 bits per heavy atom. The van der Waals surface area contributed by atoms with Crippen LogP contribution in [0.1, 0.15) is 33.1 Å². The quantitative estimate of drug-likeness (QED) is 0.239. The Balaban J connectivity index is 0. The van der Waals surface area contributed by atoms with Gasteiger partial charge in [-0.1, -0.05) is 13.8 Å². The van der Waals surface area contributed by atoms with Gasteiger partial charge in [-0.2, -0.15) is 0 Å². The lowest BCUT2D eigenvalue weighted by Gasteiger charge is -2.16. The molecule has 0 aliphatic heterocycles. The SMILES string of the molecule is CC.CN[C@@H](CN)C(=O)NCCCNC(=O)[C@H](CCC(=O)O)NC. The number of carboxylic acid groups (broad SMARTS) is 1. The van der Waals surface area contributed by atoms with Crippen LogP contribution >= 0.6 is 0 Å². The molecule has 9 heteroatoms. The molecular weight excluding hydrogens is 314 g/mol. The van der Waals surface area contributed by atoms with Crippen molar-refractivity contribution in [1.29, 1.82) is 0 Å². The van der Waals surface area contributed by atoms with E-state index in [0.717, 1.165) is 0 Å². The molecule has 0 rings (SSSR count). The van der Waals surface area contributed by atoms with Crippen molar-refractivity contribution in [3.05, 3.63) is 0 Å². The molecule has 2 amide bonds. The second-order valence-electron chi connectivity index (χ2n) is 4.79. The standard InChI is InChI=1S/C13H27N5O4.C2H6/c1-15-9(4-5-11(19)20)12(21)17-6-3-7-18-13(22)10(8-14)16-2;1-2/h9-10,15-16H,3-8,14H2,1-2H3,(H,17,21)(H,18,22)(H,19,20);1-2H3/t9-,10-;/m0./s1. The van der Waals surface area contributed by atoms with Crippen molar-refractivity contribution in [2.45, 2.75) is 45.2 Å². The molecule has 0 aromatic rings. The van der Waals surface area contributed by atoms with Gasteiger partial charge in [-0.3, -0.25) is 14.4 Å². The van der Waals surface area contributed by atoms with Gasteiger partial charge in [-0.25, -0.2) is 0 Å². The molecule has 0 aliphatic carbocycles. The molecule has 0 saturated carbocycles. The van der Waals surface area contributed by atoms with E-state index in [0.29, 0.717) is 19.5 Å². The number of carbonyl (C=O) groups excluding carboxylic acids is 2. The van der Waals surface area contributed by atoms with Crippen molar-refractivity contribution in [3.8, 4) is 0 Å². The zero-order valence-electron chi connectivity index (χ0n) is 15.1. The highest BCUT2D eigenvalue weighted by Crippen LogP contribution is 1.97. The highest BCUT2D eigenvalue weighted by atomic mass is 16.4. The number of carbonyl (C=O) groups is 3. The topological polar surface area (TPSA) is 146 Å². The summed E-state index contributed by atoms with van der Waals surface area (Å²) in [4.78, 5) is 33.9. The maximum atomic E-state index is 11.8. The summed E-state index contributed by atoms with van der Waals surface area (Å²) < 4.78 is 0. The van der Waals surface area contributed by atoms with Crippen molar-refractivity contribution in [2.24, 2.45) is 5.73 Å². The number of nitrogens with one attached hydrogen (secondary N) is 4. The van der Waals surface area contributed by atoms with E-state index in [-0.39, 0.29) is 31.2 Å². The molecule has 0 aromatic carbocycles. The second-order valence-corrected chi connectivity index (χ2v) is 4.79. The Kier molecular flexibility index (Phi) is 16.5. The van der Waals surface area contributed by atoms with Crippen LogP contribution in [0.3, 0.4) is 0 Å². The number of nitrogens with two attached hydrogens (primary N) is 1. The lowest BCUT2D eigenvalue weighted by Crippen LogP contribution is -2.48. The lowest BCUT2D eigenvalue weighted by atomic mass is 10.1. The molecule has 0 aliphatic rings. The van der Waals surface area contributed by atoms with E-state index in [1.54, 1.807) is 14.1 Å². The number of likely N-dealkylation sites (N-methyl/N-ethyl adjacent to an activating group) is 2. The van der Waals surface area contributed by atoms with E-state index in [2.05, 4.69) is 21.3 Å². The van der Waals surface area contributed by atoms with E-state index >= 15 is 0 Å². The molecule has 0 unspecified atom stereocenters. The number of carboxylic acids is 1. The molecular formula is C15H33N5O4. The number of rotatable bonds is 12. The molecule has 142 valence electrons. The summed E-state index contributed by atoms with van der Waals surface area (Å²) in [6.45, 7) is 5.04. The first kappa shape index (κ1) is 24.5. The van der Waals surface area contributed by atoms with Gasteiger partial charge in [-0.15, -0.1) is 0 Å². The first-order chi connectivity index (χ1) is 11.5. The molecule has 24 heavy (non-hydrogen) atoms. The largest absolute Gasteiger partial charge is 0.481 e. The van der Waals surface area contributed by atoms with Gasteiger partial charge in [0, 0.05) is 26.1 Å². The van der Waals surface area contributed by atoms with Gasteiger partial charge in [0.1, 0.15) is 0 Å². The van der Waals surface area contributed by atoms with Crippen LogP contribution in [-0.2, 0) is 14.4 Å². The van der Waals surface area contributed by atoms with Crippen molar-refractivity contribution >= 4 is 17.8 Å². The fourth-order valence-electron chi connectivity index (χ4n) is 1.79. The van der Waals surface area contributed by atoms with Gasteiger partial charge in [-0.05, 0) is 26.9 Å². The maximum Gasteiger partial charge on any atom is 0.303 e. The molecule has 0 fully saturated rings. The number of amides is 2. The summed E-state index contributed by atoms with van der Waals surface area (Å²) in [5, 5.41) is 19.6. The molecule has 9 nitrogen and oxygen atoms in total. The molecule has 0 radical (unpaired) electrons. The number of hydrogen-bond donors (Lipinski definition) is 6. The van der Waals surface area contributed by atoms with E-state index in [1.807, 2.05) is 13.8 Å². The highest BCUT2D eigenvalue weighted by molar-refractivity contribution is 5.82. The third-order valence-electron chi connectivity index (χ3n) is 3.16. The molecule has 2 atom stereocenters. The molecule has 0 bridgehead atoms. The lowest BCUT2D eigenvalue weighted by molar-refractivity contribution is -0.137. The third-order valence-corrected chi connectivity index (χ3v) is 3.16. The average molecular weight is 347 g/mol. The van der Waals surface area contributed by atoms with Crippen LogP contribution in [0.25, 0.3) is 0 Å². The van der Waals surface area contributed by atoms with Crippen LogP contribution in [0.2, 0.25) is 0 Å². The minimum absolute atomic E-state index is 0.0700. The number of aliphatic carboxylic acids is 1. The Hall–Kier alpha value is -1.71. The van der Waals surface area contributed by atoms with Crippen LogP contribution in [0.4, 0.5) is 0 Å². The minimum Gasteiger partial charge on any atom is -0.481 e. The van der Waals surface area contributed by atoms with Gasteiger partial charge in [0.2, 0.25) is 11.8 Å². The zero-order valence-corrected chi connectivity index (χ0v) is 15.1. The summed E-state index contributed by atoms with van der Waals surface area (Å²) in [6, 6.07) is -0.948. The van der Waals surface area contributed by atoms with Crippen LogP contribution < -0.4 is 27.0 Å². The normalized spacial score (nSPS) is 12.4. The third kappa shape index (κ3) is 11.8. The van der Waals surface area contributed by atoms with E-state index in [4.69, 9.17) is 10.8 Å². The number of hydrogen-bond acceptors (Lipinski definition) is 6. The zero-order chi connectivity index (χ0) is 19.0. The van der Waals surface area contributed by atoms with Crippen LogP contribution in [0.5, 0.6) is 0 Å². The molecule has 0 spiro atoms. The molecule has 0 saturated heterocycles. The van der Waals surface area contributed by atoms with Crippen molar-refractivity contribution in [2.75, 3.05) is 33.7 Å². The summed E-state index contributed by atoms with van der Waals surface area (Å²) in [7, 11) is 3.27. The summed E-state index contributed by atoms with van der Waals surface area (Å²) in [5.74, 6) is -1.36. The summed E-state index contributed by atoms with van der Waals surface area (Å²) in [6.07, 6.45) is 0.738. The summed E-state index contributed by atoms with van der Waals surface area (Å²) >= 11 is 0. The first-order valence-electron chi connectivity index (χ1n) is 8.28. The Morgan fingerprint density at radius 2 is 1.42 bits per heavy atom. The van der Waals surface area contributed by atoms with Gasteiger partial charge in [0.15, 0.2) is 0 Å². The van der Waals surface area contributed by atoms with Crippen molar-refractivity contribution in [3.63, 3.8) is 0 Å². The predicted molar refractivity (Wildman–Crippen MR) is 93.6 cm³/mol. The maximum absolute atomic E-state index is 11.8. The summed E-state index contributed by atoms with van der Waals surface area (Å²) in [5.41, 5.74) is 5.42. The van der Waals surface area contributed by atoms with Gasteiger partial charge in [0.05, 0.1) is 12.1 Å². The first-order valence-corrected chi connectivity index (χ1v) is 8.28. The van der Waals surface area contributed by atoms with E-state index in [9.17, 15) is 14.4 Å². The Morgan fingerprint density at radius 1 is 0.958 bits per heavy atom. The average Bonchev–Trinajstić information content (AvgIpc) is 2.57. The Labute approximate surface area is 144 Å². The van der Waals surface area contributed by atoms with Gasteiger partial charge in [0.25, 0.3) is 0 Å². The van der Waals surface area contributed by atoms with E-state index < -0.39 is 18.1 Å². The van der Waals surface area contributed by atoms with Gasteiger partial charge < -0.3 is 32.1 Å². The fraction of sp³-hybridized carbons (Fsp3) is 0.800. The molecule has 0 aromatic heterocycles. The van der Waals surface area contributed by atoms with Crippen molar-refractivity contribution in [1.82, 2.24) is 21.3 Å². The highest BCUT2D eigenvalue weighted by Gasteiger charge is 2.17. The van der Waals surface area contributed by atoms with E-state index in [1.165, 1.54) is 0 Å². The second kappa shape index (κ2) is 16.2. The fourth-order valence-corrected chi connectivity index (χ4v) is 1.79. The molecule has 0 heterocycles. The predicted octanol–water partition coefficient (Wildman–Crippen LogP) is -1.37. The van der Waals surface area contributed by atoms with Crippen molar-refractivity contribution < 1.29 is 19.5 Å². The van der Waals surface area contributed by atoms with Crippen LogP contribution in [-0.4, -0.2) is 68.7 Å². The smallest absolute Gasteiger partial charge is 0.303 e. The monoisotopic (exact) mass is 347 g/mol. The Bertz CT molecular complexity index is 362. The van der Waals surface area contributed by atoms with Crippen LogP contribution in [0.15, 0.2) is 0 Å². The molecule has 7 N–H and O–H groups in total. The van der Waals surface area contributed by atoms with Gasteiger partial charge >= 0.3 is 5.97 Å². The van der Waals surface area contributed by atoms with Crippen LogP contribution in [0, 0.1) is 0 Å².